The van der Waals surface area contributed by atoms with Crippen molar-refractivity contribution in [3.63, 3.8) is 0 Å². The lowest BCUT2D eigenvalue weighted by Crippen LogP contribution is -2.40. The minimum Gasteiger partial charge on any atom is -0.465 e. The second-order valence-electron chi connectivity index (χ2n) is 6.70. The van der Waals surface area contributed by atoms with Crippen molar-refractivity contribution < 1.29 is 23.5 Å². The van der Waals surface area contributed by atoms with E-state index >= 15 is 0 Å². The highest BCUT2D eigenvalue weighted by Crippen LogP contribution is 2.27. The molecule has 1 aliphatic heterocycles. The van der Waals surface area contributed by atoms with Gasteiger partial charge in [0.05, 0.1) is 19.1 Å². The van der Waals surface area contributed by atoms with E-state index in [-0.39, 0.29) is 24.1 Å². The van der Waals surface area contributed by atoms with E-state index in [0.29, 0.717) is 19.4 Å². The third-order valence-electron chi connectivity index (χ3n) is 4.97. The highest BCUT2D eigenvalue weighted by Gasteiger charge is 2.33. The predicted octanol–water partition coefficient (Wildman–Crippen LogP) is 4.37. The maximum absolute atomic E-state index is 12.1. The van der Waals surface area contributed by atoms with Crippen LogP contribution in [0.1, 0.15) is 59.8 Å². The lowest BCUT2D eigenvalue weighted by atomic mass is 10.1. The Bertz CT molecular complexity index is 437. The van der Waals surface area contributed by atoms with Crippen LogP contribution in [0, 0.1) is 0 Å². The molecular formula is C19H34O5Si. The summed E-state index contributed by atoms with van der Waals surface area (Å²) in [6.07, 6.45) is 6.85. The number of cyclic esters (lactones) is 1. The van der Waals surface area contributed by atoms with Gasteiger partial charge in [-0.3, -0.25) is 9.59 Å². The number of esters is 2. The molecule has 0 amide bonds. The first kappa shape index (κ1) is 21.9. The highest BCUT2D eigenvalue weighted by atomic mass is 28.4. The normalized spacial score (nSPS) is 23.3. The molecular weight excluding hydrogens is 336 g/mol. The molecule has 5 nitrogen and oxygen atoms in total. The summed E-state index contributed by atoms with van der Waals surface area (Å²) in [6.45, 7) is 8.35. The Morgan fingerprint density at radius 1 is 1.24 bits per heavy atom. The Morgan fingerprint density at radius 3 is 2.52 bits per heavy atom. The first-order chi connectivity index (χ1) is 11.9. The van der Waals surface area contributed by atoms with Crippen molar-refractivity contribution in [3.8, 4) is 0 Å². The Balaban J connectivity index is 2.79. The summed E-state index contributed by atoms with van der Waals surface area (Å²) in [6, 6.07) is 3.18. The summed E-state index contributed by atoms with van der Waals surface area (Å²) >= 11 is 0. The number of rotatable bonds is 6. The quantitative estimate of drug-likeness (QED) is 0.395. The molecule has 0 aromatic carbocycles. The summed E-state index contributed by atoms with van der Waals surface area (Å²) in [5.74, 6) is -0.447. The van der Waals surface area contributed by atoms with E-state index in [1.165, 1.54) is 6.92 Å². The molecule has 0 aromatic rings. The van der Waals surface area contributed by atoms with Gasteiger partial charge in [0, 0.05) is 6.92 Å². The SMILES string of the molecule is CC[Si](CC)(CC)OC1CCCC(OC(C)=O)C=CCCOC(=O)C1. The van der Waals surface area contributed by atoms with Gasteiger partial charge in [-0.2, -0.15) is 0 Å². The molecule has 0 spiro atoms. The zero-order valence-corrected chi connectivity index (χ0v) is 17.2. The minimum absolute atomic E-state index is 0.0969. The van der Waals surface area contributed by atoms with Gasteiger partial charge in [-0.15, -0.1) is 0 Å². The molecule has 2 unspecified atom stereocenters. The van der Waals surface area contributed by atoms with E-state index in [0.717, 1.165) is 37.4 Å². The maximum Gasteiger partial charge on any atom is 0.308 e. The van der Waals surface area contributed by atoms with Crippen molar-refractivity contribution in [2.24, 2.45) is 0 Å². The molecule has 0 radical (unpaired) electrons. The van der Waals surface area contributed by atoms with Crippen molar-refractivity contribution in [2.75, 3.05) is 6.61 Å². The summed E-state index contributed by atoms with van der Waals surface area (Å²) < 4.78 is 17.2. The minimum atomic E-state index is -1.78. The first-order valence-corrected chi connectivity index (χ1v) is 12.1. The van der Waals surface area contributed by atoms with Crippen LogP contribution < -0.4 is 0 Å². The Morgan fingerprint density at radius 2 is 1.92 bits per heavy atom. The third-order valence-corrected chi connectivity index (χ3v) is 9.67. The van der Waals surface area contributed by atoms with Crippen LogP contribution >= 0.6 is 0 Å². The van der Waals surface area contributed by atoms with Gasteiger partial charge in [0.1, 0.15) is 6.10 Å². The molecule has 0 fully saturated rings. The number of carbonyl (C=O) groups excluding carboxylic acids is 2. The molecule has 0 saturated heterocycles. The standard InChI is InChI=1S/C19H34O5Si/c1-5-25(6-2,7-3)24-18-13-10-12-17(23-16(4)20)11-8-9-14-22-19(21)15-18/h8,11,17-18H,5-7,9-10,12-15H2,1-4H3. The molecule has 144 valence electrons. The van der Waals surface area contributed by atoms with E-state index in [2.05, 4.69) is 20.8 Å². The average Bonchev–Trinajstić information content (AvgIpc) is 2.57. The fourth-order valence-corrected chi connectivity index (χ4v) is 6.15. The predicted molar refractivity (Wildman–Crippen MR) is 101 cm³/mol. The molecule has 2 atom stereocenters. The number of carbonyl (C=O) groups is 2. The van der Waals surface area contributed by atoms with Gasteiger partial charge < -0.3 is 13.9 Å². The number of hydrogen-bond acceptors (Lipinski definition) is 5. The molecule has 1 heterocycles. The topological polar surface area (TPSA) is 61.8 Å². The lowest BCUT2D eigenvalue weighted by molar-refractivity contribution is -0.145. The van der Waals surface area contributed by atoms with Crippen LogP contribution in [0.15, 0.2) is 12.2 Å². The van der Waals surface area contributed by atoms with Crippen molar-refractivity contribution in [3.05, 3.63) is 12.2 Å². The van der Waals surface area contributed by atoms with Gasteiger partial charge in [-0.25, -0.2) is 0 Å². The van der Waals surface area contributed by atoms with E-state index in [1.54, 1.807) is 0 Å². The summed E-state index contributed by atoms with van der Waals surface area (Å²) in [4.78, 5) is 23.3. The molecule has 1 rings (SSSR count). The van der Waals surface area contributed by atoms with Crippen LogP contribution in [-0.2, 0) is 23.5 Å². The largest absolute Gasteiger partial charge is 0.465 e. The Hall–Kier alpha value is -1.14. The third kappa shape index (κ3) is 8.18. The van der Waals surface area contributed by atoms with Crippen molar-refractivity contribution in [1.29, 1.82) is 0 Å². The molecule has 0 aliphatic carbocycles. The summed E-state index contributed by atoms with van der Waals surface area (Å²) in [5, 5.41) is 0. The fraction of sp³-hybridized carbons (Fsp3) is 0.789. The van der Waals surface area contributed by atoms with Crippen molar-refractivity contribution in [2.45, 2.75) is 90.1 Å². The average molecular weight is 371 g/mol. The van der Waals surface area contributed by atoms with E-state index in [9.17, 15) is 9.59 Å². The summed E-state index contributed by atoms with van der Waals surface area (Å²) in [7, 11) is -1.78. The van der Waals surface area contributed by atoms with Gasteiger partial charge in [0.2, 0.25) is 0 Å². The molecule has 0 bridgehead atoms. The molecule has 1 aliphatic rings. The van der Waals surface area contributed by atoms with Crippen LogP contribution in [0.25, 0.3) is 0 Å². The monoisotopic (exact) mass is 370 g/mol. The molecule has 6 heteroatoms. The van der Waals surface area contributed by atoms with Crippen molar-refractivity contribution in [1.82, 2.24) is 0 Å². The van der Waals surface area contributed by atoms with Gasteiger partial charge in [0.25, 0.3) is 0 Å². The van der Waals surface area contributed by atoms with Gasteiger partial charge in [-0.1, -0.05) is 26.8 Å². The van der Waals surface area contributed by atoms with Crippen LogP contribution in [-0.4, -0.2) is 39.1 Å². The summed E-state index contributed by atoms with van der Waals surface area (Å²) in [5.41, 5.74) is 0. The molecule has 0 saturated carbocycles. The van der Waals surface area contributed by atoms with Crippen LogP contribution in [0.2, 0.25) is 18.1 Å². The van der Waals surface area contributed by atoms with Crippen LogP contribution in [0.3, 0.4) is 0 Å². The Labute approximate surface area is 153 Å². The number of ether oxygens (including phenoxy) is 2. The molecule has 25 heavy (non-hydrogen) atoms. The zero-order chi connectivity index (χ0) is 18.7. The fourth-order valence-electron chi connectivity index (χ4n) is 3.24. The first-order valence-electron chi connectivity index (χ1n) is 9.62. The number of hydrogen-bond donors (Lipinski definition) is 0. The van der Waals surface area contributed by atoms with Crippen LogP contribution in [0.5, 0.6) is 0 Å². The highest BCUT2D eigenvalue weighted by molar-refractivity contribution is 6.73. The Kier molecular flexibility index (Phi) is 10.0. The molecule has 0 aromatic heterocycles. The molecule has 0 N–H and O–H groups in total. The smallest absolute Gasteiger partial charge is 0.308 e. The second-order valence-corrected chi connectivity index (χ2v) is 11.4. The van der Waals surface area contributed by atoms with Crippen molar-refractivity contribution >= 4 is 20.3 Å². The van der Waals surface area contributed by atoms with Gasteiger partial charge in [0.15, 0.2) is 8.32 Å². The van der Waals surface area contributed by atoms with Gasteiger partial charge in [-0.05, 0) is 49.9 Å². The van der Waals surface area contributed by atoms with Gasteiger partial charge >= 0.3 is 11.9 Å². The van der Waals surface area contributed by atoms with E-state index in [1.807, 2.05) is 12.2 Å². The van der Waals surface area contributed by atoms with Crippen LogP contribution in [0.4, 0.5) is 0 Å². The second kappa shape index (κ2) is 11.5. The van der Waals surface area contributed by atoms with E-state index < -0.39 is 8.32 Å². The lowest BCUT2D eigenvalue weighted by Gasteiger charge is -2.33. The van der Waals surface area contributed by atoms with E-state index in [4.69, 9.17) is 13.9 Å². The zero-order valence-electron chi connectivity index (χ0n) is 16.2. The maximum atomic E-state index is 12.1.